The minimum Gasteiger partial charge on any atom is -0.324 e. The maximum atomic E-state index is 10.2. The van der Waals surface area contributed by atoms with Gasteiger partial charge in [0.25, 0.3) is 0 Å². The molecule has 5 heteroatoms. The second kappa shape index (κ2) is 2.97. The Morgan fingerprint density at radius 3 is 2.12 bits per heavy atom. The molecule has 1 unspecified atom stereocenters. The first-order chi connectivity index (χ1) is 3.48. The van der Waals surface area contributed by atoms with Crippen LogP contribution in [0.25, 0.3) is 0 Å². The maximum Gasteiger partial charge on any atom is 0.339 e. The van der Waals surface area contributed by atoms with Gasteiger partial charge < -0.3 is 9.79 Å². The quantitative estimate of drug-likeness (QED) is 0.525. The van der Waals surface area contributed by atoms with Gasteiger partial charge in [0.05, 0.1) is 0 Å². The van der Waals surface area contributed by atoms with Gasteiger partial charge in [-0.25, -0.2) is 0 Å². The Morgan fingerprint density at radius 2 is 2.12 bits per heavy atom. The molecule has 8 heavy (non-hydrogen) atoms. The summed E-state index contributed by atoms with van der Waals surface area (Å²) in [6, 6.07) is 0. The van der Waals surface area contributed by atoms with Crippen molar-refractivity contribution in [2.45, 2.75) is 17.9 Å². The van der Waals surface area contributed by atoms with E-state index in [1.165, 1.54) is 0 Å². The highest BCUT2D eigenvalue weighted by atomic mass is 79.9. The van der Waals surface area contributed by atoms with E-state index >= 15 is 0 Å². The first-order valence-corrected chi connectivity index (χ1v) is 4.77. The molecule has 0 saturated carbocycles. The topological polar surface area (TPSA) is 57.5 Å². The molecule has 1 atom stereocenters. The van der Waals surface area contributed by atoms with E-state index in [-0.39, 0.29) is 0 Å². The zero-order chi connectivity index (χ0) is 6.78. The van der Waals surface area contributed by atoms with Crippen LogP contribution in [-0.2, 0) is 4.57 Å². The van der Waals surface area contributed by atoms with E-state index in [1.54, 1.807) is 6.92 Å². The van der Waals surface area contributed by atoms with Crippen LogP contribution in [0.2, 0.25) is 0 Å². The standard InChI is InChI=1S/C3H8BrO3P/c1-2-3(4)8(5,6)7/h3H,2H2,1H3,(H2,5,6,7). The van der Waals surface area contributed by atoms with E-state index in [9.17, 15) is 4.57 Å². The fourth-order valence-electron chi connectivity index (χ4n) is 0.238. The number of halogens is 1. The van der Waals surface area contributed by atoms with E-state index < -0.39 is 12.2 Å². The van der Waals surface area contributed by atoms with Crippen LogP contribution in [0.5, 0.6) is 0 Å². The first kappa shape index (κ1) is 8.63. The number of rotatable bonds is 2. The fourth-order valence-corrected chi connectivity index (χ4v) is 0.714. The molecule has 0 saturated heterocycles. The molecule has 0 aliphatic heterocycles. The summed E-state index contributed by atoms with van der Waals surface area (Å²) < 4.78 is 9.54. The average Bonchev–Trinajstić information content (AvgIpc) is 1.62. The highest BCUT2D eigenvalue weighted by molar-refractivity contribution is 9.10. The van der Waals surface area contributed by atoms with Crippen molar-refractivity contribution >= 4 is 23.5 Å². The molecule has 0 rings (SSSR count). The number of hydrogen-bond donors (Lipinski definition) is 2. The Labute approximate surface area is 56.4 Å². The van der Waals surface area contributed by atoms with Gasteiger partial charge in [0.15, 0.2) is 0 Å². The van der Waals surface area contributed by atoms with Crippen molar-refractivity contribution in [1.82, 2.24) is 0 Å². The van der Waals surface area contributed by atoms with Gasteiger partial charge in [-0.1, -0.05) is 22.9 Å². The summed E-state index contributed by atoms with van der Waals surface area (Å²) in [6.45, 7) is 1.71. The lowest BCUT2D eigenvalue weighted by Gasteiger charge is -2.06. The summed E-state index contributed by atoms with van der Waals surface area (Å²) in [5.74, 6) is 0. The van der Waals surface area contributed by atoms with Gasteiger partial charge in [0.2, 0.25) is 0 Å². The van der Waals surface area contributed by atoms with Crippen LogP contribution >= 0.6 is 23.5 Å². The molecular formula is C3H8BrO3P. The Balaban J connectivity index is 3.82. The van der Waals surface area contributed by atoms with Crippen LogP contribution in [0.3, 0.4) is 0 Å². The van der Waals surface area contributed by atoms with Crippen molar-refractivity contribution in [3.63, 3.8) is 0 Å². The predicted octanol–water partition coefficient (Wildman–Crippen LogP) is 1.30. The van der Waals surface area contributed by atoms with Crippen LogP contribution in [0.4, 0.5) is 0 Å². The SMILES string of the molecule is CCC(Br)P(=O)(O)O. The van der Waals surface area contributed by atoms with Gasteiger partial charge in [-0.15, -0.1) is 0 Å². The summed E-state index contributed by atoms with van der Waals surface area (Å²) in [5.41, 5.74) is 0. The maximum absolute atomic E-state index is 10.2. The molecule has 50 valence electrons. The molecule has 0 aliphatic rings. The van der Waals surface area contributed by atoms with E-state index in [2.05, 4.69) is 15.9 Å². The van der Waals surface area contributed by atoms with Crippen molar-refractivity contribution in [3.8, 4) is 0 Å². The smallest absolute Gasteiger partial charge is 0.324 e. The van der Waals surface area contributed by atoms with Crippen molar-refractivity contribution in [1.29, 1.82) is 0 Å². The molecule has 2 N–H and O–H groups in total. The molecule has 0 amide bonds. The van der Waals surface area contributed by atoms with Gasteiger partial charge in [-0.3, -0.25) is 4.57 Å². The first-order valence-electron chi connectivity index (χ1n) is 2.17. The molecular weight excluding hydrogens is 195 g/mol. The zero-order valence-corrected chi connectivity index (χ0v) is 6.89. The lowest BCUT2D eigenvalue weighted by molar-refractivity contribution is 0.369. The Bertz CT molecular complexity index is 109. The van der Waals surface area contributed by atoms with Gasteiger partial charge in [-0.05, 0) is 6.42 Å². The van der Waals surface area contributed by atoms with Crippen molar-refractivity contribution in [2.75, 3.05) is 0 Å². The number of hydrogen-bond acceptors (Lipinski definition) is 1. The molecule has 0 radical (unpaired) electrons. The van der Waals surface area contributed by atoms with Crippen LogP contribution in [0, 0.1) is 0 Å². The van der Waals surface area contributed by atoms with Crippen LogP contribution in [0.15, 0.2) is 0 Å². The third kappa shape index (κ3) is 2.82. The third-order valence-corrected chi connectivity index (χ3v) is 4.04. The number of alkyl halides is 1. The van der Waals surface area contributed by atoms with Gasteiger partial charge >= 0.3 is 7.60 Å². The second-order valence-electron chi connectivity index (χ2n) is 1.43. The molecule has 0 aromatic heterocycles. The molecule has 0 spiro atoms. The predicted molar refractivity (Wildman–Crippen MR) is 35.1 cm³/mol. The van der Waals surface area contributed by atoms with Gasteiger partial charge in [-0.2, -0.15) is 0 Å². The van der Waals surface area contributed by atoms with Crippen molar-refractivity contribution in [2.24, 2.45) is 0 Å². The zero-order valence-electron chi connectivity index (χ0n) is 4.41. The normalized spacial score (nSPS) is 16.0. The summed E-state index contributed by atoms with van der Waals surface area (Å²) in [7, 11) is -3.84. The van der Waals surface area contributed by atoms with Crippen molar-refractivity contribution < 1.29 is 14.4 Å². The Kier molecular flexibility index (Phi) is 3.20. The van der Waals surface area contributed by atoms with E-state index in [0.29, 0.717) is 6.42 Å². The second-order valence-corrected chi connectivity index (χ2v) is 5.05. The lowest BCUT2D eigenvalue weighted by Crippen LogP contribution is -1.94. The minimum atomic E-state index is -3.84. The largest absolute Gasteiger partial charge is 0.339 e. The summed E-state index contributed by atoms with van der Waals surface area (Å²) in [5, 5.41) is 0. The average molecular weight is 203 g/mol. The summed E-state index contributed by atoms with van der Waals surface area (Å²) in [4.78, 5) is 16.7. The van der Waals surface area contributed by atoms with Crippen LogP contribution in [0.1, 0.15) is 13.3 Å². The van der Waals surface area contributed by atoms with Gasteiger partial charge in [0.1, 0.15) is 4.57 Å². The van der Waals surface area contributed by atoms with Crippen LogP contribution in [-0.4, -0.2) is 14.4 Å². The molecule has 0 fully saturated rings. The third-order valence-electron chi connectivity index (χ3n) is 0.702. The fraction of sp³-hybridized carbons (Fsp3) is 1.00. The molecule has 0 aromatic carbocycles. The van der Waals surface area contributed by atoms with Gasteiger partial charge in [0, 0.05) is 0 Å². The molecule has 0 aromatic rings. The van der Waals surface area contributed by atoms with E-state index in [1.807, 2.05) is 0 Å². The minimum absolute atomic E-state index is 0.449. The Morgan fingerprint density at radius 1 is 1.75 bits per heavy atom. The Hall–Kier alpha value is 0.630. The van der Waals surface area contributed by atoms with E-state index in [0.717, 1.165) is 0 Å². The van der Waals surface area contributed by atoms with E-state index in [4.69, 9.17) is 9.79 Å². The highest BCUT2D eigenvalue weighted by Crippen LogP contribution is 2.45. The summed E-state index contributed by atoms with van der Waals surface area (Å²) in [6.07, 6.45) is 0.449. The molecule has 0 bridgehead atoms. The molecule has 0 aliphatic carbocycles. The molecule has 3 nitrogen and oxygen atoms in total. The summed E-state index contributed by atoms with van der Waals surface area (Å²) >= 11 is 2.83. The lowest BCUT2D eigenvalue weighted by atomic mass is 10.6. The van der Waals surface area contributed by atoms with Crippen LogP contribution < -0.4 is 0 Å². The monoisotopic (exact) mass is 202 g/mol. The van der Waals surface area contributed by atoms with Crippen molar-refractivity contribution in [3.05, 3.63) is 0 Å². The molecule has 0 heterocycles. The highest BCUT2D eigenvalue weighted by Gasteiger charge is 2.22.